The van der Waals surface area contributed by atoms with E-state index in [9.17, 15) is 28.4 Å². The molecule has 416 valence electrons. The minimum absolute atomic E-state index is 0.00316. The summed E-state index contributed by atoms with van der Waals surface area (Å²) in [4.78, 5) is 93.4. The number of piperidine rings is 1. The highest BCUT2D eigenvalue weighted by molar-refractivity contribution is 8.14. The number of carbonyl (C=O) groups is 5. The highest BCUT2D eigenvalue weighted by Crippen LogP contribution is 2.38. The van der Waals surface area contributed by atoms with Crippen LogP contribution < -0.4 is 15.8 Å². The average molecular weight is 1090 g/mol. The van der Waals surface area contributed by atoms with Gasteiger partial charge in [-0.2, -0.15) is 4.68 Å². The number of nitrogens with zero attached hydrogens (tertiary/aromatic N) is 10. The van der Waals surface area contributed by atoms with Crippen molar-refractivity contribution >= 4 is 57.7 Å². The zero-order chi connectivity index (χ0) is 55.6. The molecule has 78 heavy (non-hydrogen) atoms. The molecule has 20 nitrogen and oxygen atoms in total. The summed E-state index contributed by atoms with van der Waals surface area (Å²) in [5.41, 5.74) is 9.97. The summed E-state index contributed by atoms with van der Waals surface area (Å²) in [6.07, 6.45) is 4.25. The Kier molecular flexibility index (Phi) is 19.4. The highest BCUT2D eigenvalue weighted by Gasteiger charge is 2.43. The third kappa shape index (κ3) is 13.6. The Morgan fingerprint density at radius 2 is 1.78 bits per heavy atom. The maximum atomic E-state index is 14.6. The molecular formula is C56H71FN12O8S. The number of nitrogens with two attached hydrogens (primary N) is 1. The second-order valence-corrected chi connectivity index (χ2v) is 21.6. The van der Waals surface area contributed by atoms with Crippen molar-refractivity contribution in [1.29, 1.82) is 0 Å². The van der Waals surface area contributed by atoms with Gasteiger partial charge in [-0.1, -0.05) is 24.3 Å². The topological polar surface area (TPSA) is 224 Å². The Hall–Kier alpha value is -6.64. The Labute approximate surface area is 459 Å². The van der Waals surface area contributed by atoms with Gasteiger partial charge in [0.05, 0.1) is 86.2 Å². The van der Waals surface area contributed by atoms with Crippen molar-refractivity contribution in [1.82, 2.24) is 44.7 Å². The van der Waals surface area contributed by atoms with E-state index >= 15 is 0 Å². The first-order chi connectivity index (χ1) is 37.5. The minimum atomic E-state index is -0.591. The molecule has 0 radical (unpaired) electrons. The van der Waals surface area contributed by atoms with Crippen LogP contribution >= 0.6 is 11.8 Å². The standard InChI is InChI=1S/C56H71FN12O8S/c1-34-10-15-40-41(29-34)36(3)77-53-51(58)61-31-43(62-53)49-46(32-66(7)55(40)73)69(64-52(49)60-5)23-22-65(6)48(71)18-25-75-27-28-76-26-24-67-20-16-37(17-21-67)42(30-47(70)35(2)59-4)56(74)68-19-8-9-45(68)54-63-44(33-78-54)50(72)38-11-13-39(57)14-12-38/h10-15,29,31,35-37,42,44-45,59H,8-9,16-28,30,32-33H2,1-4,6-7H3,(H2,58,61)/t35-,36+,42-,44?,45-/m0/s1. The molecule has 1 unspecified atom stereocenters. The fourth-order valence-corrected chi connectivity index (χ4v) is 11.7. The van der Waals surface area contributed by atoms with Gasteiger partial charge in [-0.3, -0.25) is 29.0 Å². The molecule has 5 atom stereocenters. The molecule has 8 rings (SSSR count). The lowest BCUT2D eigenvalue weighted by atomic mass is 9.79. The number of nitrogens with one attached hydrogen (secondary N) is 1. The number of ketones is 2. The number of anilines is 1. The smallest absolute Gasteiger partial charge is 0.305 e. The number of benzene rings is 2. The summed E-state index contributed by atoms with van der Waals surface area (Å²) < 4.78 is 33.1. The van der Waals surface area contributed by atoms with Crippen LogP contribution in [0.25, 0.3) is 16.1 Å². The van der Waals surface area contributed by atoms with E-state index in [0.29, 0.717) is 72.3 Å². The Morgan fingerprint density at radius 3 is 2.51 bits per heavy atom. The summed E-state index contributed by atoms with van der Waals surface area (Å²) in [5.74, 6) is -0.749. The zero-order valence-electron chi connectivity index (χ0n) is 45.4. The molecule has 3 N–H and O–H groups in total. The van der Waals surface area contributed by atoms with Gasteiger partial charge in [0.1, 0.15) is 23.7 Å². The van der Waals surface area contributed by atoms with Gasteiger partial charge in [0.2, 0.25) is 11.8 Å². The quantitative estimate of drug-likeness (QED) is 0.0571. The van der Waals surface area contributed by atoms with Crippen molar-refractivity contribution in [2.45, 2.75) is 96.6 Å². The van der Waals surface area contributed by atoms with Crippen molar-refractivity contribution in [2.75, 3.05) is 91.8 Å². The predicted octanol–water partition coefficient (Wildman–Crippen LogP) is 5.81. The normalized spacial score (nSPS) is 19.6. The number of carbonyl (C=O) groups excluding carboxylic acids is 5. The van der Waals surface area contributed by atoms with Gasteiger partial charge in [-0.05, 0) is 108 Å². The SMILES string of the molecule is [C-]#[N+]c1nn(CCN(C)C(=O)CCOCCOCCN2CCC([C@H](CC(=O)[C@H](C)NC)C(=O)N3CCC[C@H]3C3=NC(C(=O)c4ccc(F)cc4)CS3)CC2)c2c1-c1cnc(N)c(n1)O[C@H](C)c1cc(C)ccc1C(=O)N(C)C2. The summed E-state index contributed by atoms with van der Waals surface area (Å²) in [7, 11) is 5.13. The maximum Gasteiger partial charge on any atom is 0.305 e. The van der Waals surface area contributed by atoms with Crippen molar-refractivity contribution in [3.63, 3.8) is 0 Å². The Balaban J connectivity index is 0.779. The number of fused-ring (bicyclic) bond motifs is 5. The number of thioether (sulfide) groups is 1. The first-order valence-electron chi connectivity index (χ1n) is 26.8. The van der Waals surface area contributed by atoms with E-state index in [1.54, 1.807) is 41.7 Å². The fourth-order valence-electron chi connectivity index (χ4n) is 10.5. The number of Topliss-reactive ketones (excluding diaryl/α,β-unsaturated/α-hetero) is 2. The van der Waals surface area contributed by atoms with E-state index in [4.69, 9.17) is 36.5 Å². The number of hydrogen-bond donors (Lipinski definition) is 2. The first kappa shape index (κ1) is 57.5. The molecule has 0 spiro atoms. The van der Waals surface area contributed by atoms with Crippen molar-refractivity contribution in [3.05, 3.63) is 93.8 Å². The number of likely N-dealkylation sites (tertiary alicyclic amines) is 2. The number of amides is 3. The van der Waals surface area contributed by atoms with E-state index in [1.165, 1.54) is 42.2 Å². The lowest BCUT2D eigenvalue weighted by Gasteiger charge is -2.38. The second-order valence-electron chi connectivity index (χ2n) is 20.5. The van der Waals surface area contributed by atoms with E-state index in [-0.39, 0.29) is 104 Å². The van der Waals surface area contributed by atoms with Gasteiger partial charge in [-0.15, -0.1) is 11.8 Å². The van der Waals surface area contributed by atoms with Gasteiger partial charge in [0.25, 0.3) is 11.8 Å². The molecule has 2 fully saturated rings. The van der Waals surface area contributed by atoms with Crippen LogP contribution in [0.1, 0.15) is 96.0 Å². The number of rotatable bonds is 21. The molecule has 22 heteroatoms. The van der Waals surface area contributed by atoms with Crippen LogP contribution in [0, 0.1) is 31.1 Å². The van der Waals surface area contributed by atoms with Crippen LogP contribution in [-0.4, -0.2) is 178 Å². The average Bonchev–Trinajstić information content (AvgIpc) is 4.23. The van der Waals surface area contributed by atoms with E-state index in [1.807, 2.05) is 37.8 Å². The largest absolute Gasteiger partial charge is 0.467 e. The van der Waals surface area contributed by atoms with E-state index in [0.717, 1.165) is 49.4 Å². The number of aromatic nitrogens is 4. The number of aliphatic imine (C=N–C) groups is 1. The van der Waals surface area contributed by atoms with Crippen molar-refractivity contribution in [2.24, 2.45) is 16.8 Å². The summed E-state index contributed by atoms with van der Waals surface area (Å²) in [6, 6.07) is 9.84. The molecule has 0 aliphatic carbocycles. The van der Waals surface area contributed by atoms with Crippen LogP contribution in [0.2, 0.25) is 0 Å². The summed E-state index contributed by atoms with van der Waals surface area (Å²) in [5, 5.41) is 8.43. The molecular weight excluding hydrogens is 1020 g/mol. The number of nitrogen functional groups attached to an aromatic ring is 1. The van der Waals surface area contributed by atoms with E-state index in [2.05, 4.69) is 25.1 Å². The lowest BCUT2D eigenvalue weighted by molar-refractivity contribution is -0.141. The summed E-state index contributed by atoms with van der Waals surface area (Å²) >= 11 is 1.51. The molecule has 2 aromatic carbocycles. The van der Waals surface area contributed by atoms with Gasteiger partial charge < -0.3 is 49.7 Å². The lowest BCUT2D eigenvalue weighted by Crippen LogP contribution is -2.48. The number of hydrogen-bond acceptors (Lipinski definition) is 16. The number of aryl methyl sites for hydroxylation is 1. The second kappa shape index (κ2) is 26.3. The molecule has 4 aliphatic rings. The Bertz CT molecular complexity index is 2910. The van der Waals surface area contributed by atoms with Gasteiger partial charge in [-0.25, -0.2) is 14.4 Å². The zero-order valence-corrected chi connectivity index (χ0v) is 46.2. The molecule has 2 aromatic heterocycles. The third-order valence-corrected chi connectivity index (χ3v) is 16.5. The predicted molar refractivity (Wildman–Crippen MR) is 294 cm³/mol. The maximum absolute atomic E-state index is 14.6. The molecule has 0 saturated carbocycles. The van der Waals surface area contributed by atoms with Gasteiger partial charge >= 0.3 is 5.82 Å². The number of ether oxygens (including phenoxy) is 3. The van der Waals surface area contributed by atoms with E-state index < -0.39 is 23.9 Å². The van der Waals surface area contributed by atoms with Crippen LogP contribution in [0.3, 0.4) is 0 Å². The minimum Gasteiger partial charge on any atom is -0.467 e. The van der Waals surface area contributed by atoms with Gasteiger partial charge in [0, 0.05) is 68.5 Å². The van der Waals surface area contributed by atoms with Crippen molar-refractivity contribution in [3.8, 4) is 17.1 Å². The molecule has 4 aliphatic heterocycles. The summed E-state index contributed by atoms with van der Waals surface area (Å²) in [6.45, 7) is 18.3. The molecule has 2 bridgehead atoms. The number of halogens is 1. The highest BCUT2D eigenvalue weighted by atomic mass is 32.2. The van der Waals surface area contributed by atoms with Crippen molar-refractivity contribution < 1.29 is 42.6 Å². The first-order valence-corrected chi connectivity index (χ1v) is 27.8. The molecule has 6 heterocycles. The molecule has 2 saturated heterocycles. The van der Waals surface area contributed by atoms with Crippen LogP contribution in [-0.2, 0) is 36.9 Å². The van der Waals surface area contributed by atoms with Crippen LogP contribution in [0.5, 0.6) is 5.88 Å². The fraction of sp³-hybridized carbons (Fsp3) is 0.536. The third-order valence-electron chi connectivity index (χ3n) is 15.3. The van der Waals surface area contributed by atoms with Crippen LogP contribution in [0.4, 0.5) is 16.0 Å². The van der Waals surface area contributed by atoms with Gasteiger partial charge in [0.15, 0.2) is 11.6 Å². The molecule has 4 aromatic rings. The molecule has 3 amide bonds. The number of likely N-dealkylation sites (N-methyl/N-ethyl adjacent to an activating group) is 2. The Morgan fingerprint density at radius 1 is 1.04 bits per heavy atom. The monoisotopic (exact) mass is 1090 g/mol. The van der Waals surface area contributed by atoms with Crippen LogP contribution in [0.15, 0.2) is 53.7 Å².